The minimum absolute atomic E-state index is 0.144. The number of rotatable bonds is 8. The lowest BCUT2D eigenvalue weighted by Crippen LogP contribution is -2.36. The molecule has 2 aliphatic heterocycles. The zero-order valence-corrected chi connectivity index (χ0v) is 22.7. The Morgan fingerprint density at radius 2 is 2.00 bits per heavy atom. The molecule has 6 nitrogen and oxygen atoms in total. The number of nitrogens with one attached hydrogen (secondary N) is 2. The van der Waals surface area contributed by atoms with E-state index in [0.29, 0.717) is 46.7 Å². The quantitative estimate of drug-likeness (QED) is 0.206. The van der Waals surface area contributed by atoms with Crippen molar-refractivity contribution in [2.75, 3.05) is 32.7 Å². The van der Waals surface area contributed by atoms with Crippen molar-refractivity contribution in [3.05, 3.63) is 59.5 Å². The van der Waals surface area contributed by atoms with E-state index in [1.54, 1.807) is 24.4 Å². The molecule has 0 saturated carbocycles. The summed E-state index contributed by atoms with van der Waals surface area (Å²) in [5, 5.41) is 6.03. The van der Waals surface area contributed by atoms with Gasteiger partial charge in [-0.15, -0.1) is 0 Å². The number of amides is 1. The molecule has 2 atom stereocenters. The van der Waals surface area contributed by atoms with Gasteiger partial charge in [0.05, 0.1) is 15.9 Å². The SMILES string of the molecule is O=C(NCCCN1CCC(F)CC1)c1ccc2c(c1)sc1nc(-c3ccc(C4CC(C(F)F)CN4)cc3F)cn12. The van der Waals surface area contributed by atoms with Gasteiger partial charge in [0.1, 0.15) is 12.0 Å². The van der Waals surface area contributed by atoms with Crippen molar-refractivity contribution in [3.8, 4) is 11.3 Å². The number of carbonyl (C=O) groups excluding carboxylic acids is 1. The summed E-state index contributed by atoms with van der Waals surface area (Å²) in [5.74, 6) is -1.31. The predicted octanol–water partition coefficient (Wildman–Crippen LogP) is 5.82. The molecule has 11 heteroatoms. The van der Waals surface area contributed by atoms with E-state index in [1.165, 1.54) is 17.4 Å². The highest BCUT2D eigenvalue weighted by atomic mass is 32.1. The van der Waals surface area contributed by atoms with Crippen LogP contribution in [0.3, 0.4) is 0 Å². The summed E-state index contributed by atoms with van der Waals surface area (Å²) in [7, 11) is 0. The van der Waals surface area contributed by atoms with E-state index in [1.807, 2.05) is 16.5 Å². The molecule has 2 unspecified atom stereocenters. The fourth-order valence-corrected chi connectivity index (χ4v) is 6.72. The Kier molecular flexibility index (Phi) is 7.78. The van der Waals surface area contributed by atoms with Crippen LogP contribution < -0.4 is 10.6 Å². The number of thiazole rings is 1. The summed E-state index contributed by atoms with van der Waals surface area (Å²) >= 11 is 1.42. The summed E-state index contributed by atoms with van der Waals surface area (Å²) < 4.78 is 57.2. The number of nitrogens with zero attached hydrogens (tertiary/aromatic N) is 3. The van der Waals surface area contributed by atoms with E-state index in [-0.39, 0.29) is 24.9 Å². The molecule has 2 saturated heterocycles. The number of benzene rings is 2. The molecule has 1 amide bonds. The average molecular weight is 574 g/mol. The fraction of sp³-hybridized carbons (Fsp3) is 0.448. The van der Waals surface area contributed by atoms with Gasteiger partial charge in [0.25, 0.3) is 5.91 Å². The molecular weight excluding hydrogens is 542 g/mol. The second-order valence-corrected chi connectivity index (χ2v) is 11.7. The summed E-state index contributed by atoms with van der Waals surface area (Å²) in [6.45, 7) is 3.16. The molecule has 0 bridgehead atoms. The summed E-state index contributed by atoms with van der Waals surface area (Å²) in [5.41, 5.74) is 2.92. The third kappa shape index (κ3) is 5.59. The summed E-state index contributed by atoms with van der Waals surface area (Å²) in [6, 6.07) is 10.0. The largest absolute Gasteiger partial charge is 0.352 e. The number of carbonyl (C=O) groups is 1. The Hall–Kier alpha value is -3.02. The Bertz CT molecular complexity index is 1510. The number of alkyl halides is 3. The first-order valence-electron chi connectivity index (χ1n) is 13.7. The molecule has 2 aromatic heterocycles. The third-order valence-electron chi connectivity index (χ3n) is 8.00. The number of halogens is 4. The van der Waals surface area contributed by atoms with Gasteiger partial charge in [0.2, 0.25) is 6.43 Å². The summed E-state index contributed by atoms with van der Waals surface area (Å²) in [4.78, 5) is 20.3. The van der Waals surface area contributed by atoms with Crippen LogP contribution in [-0.4, -0.2) is 65.5 Å². The number of likely N-dealkylation sites (tertiary alicyclic amines) is 1. The van der Waals surface area contributed by atoms with Gasteiger partial charge in [-0.2, -0.15) is 0 Å². The van der Waals surface area contributed by atoms with Gasteiger partial charge >= 0.3 is 0 Å². The zero-order valence-electron chi connectivity index (χ0n) is 21.9. The van der Waals surface area contributed by atoms with Gasteiger partial charge in [-0.05, 0) is 68.1 Å². The summed E-state index contributed by atoms with van der Waals surface area (Å²) in [6.07, 6.45) is 0.972. The van der Waals surface area contributed by atoms with Crippen molar-refractivity contribution in [3.63, 3.8) is 0 Å². The van der Waals surface area contributed by atoms with Crippen molar-refractivity contribution < 1.29 is 22.4 Å². The maximum Gasteiger partial charge on any atom is 0.251 e. The molecule has 0 radical (unpaired) electrons. The number of fused-ring (bicyclic) bond motifs is 3. The van der Waals surface area contributed by atoms with Crippen LogP contribution >= 0.6 is 11.3 Å². The highest BCUT2D eigenvalue weighted by Gasteiger charge is 2.31. The van der Waals surface area contributed by atoms with Gasteiger partial charge in [-0.1, -0.05) is 17.4 Å². The van der Waals surface area contributed by atoms with Crippen LogP contribution in [0.2, 0.25) is 0 Å². The molecule has 2 fully saturated rings. The van der Waals surface area contributed by atoms with Crippen molar-refractivity contribution in [1.82, 2.24) is 24.9 Å². The highest BCUT2D eigenvalue weighted by molar-refractivity contribution is 7.23. The number of aromatic nitrogens is 2. The van der Waals surface area contributed by atoms with E-state index < -0.39 is 24.3 Å². The Labute approximate surface area is 233 Å². The van der Waals surface area contributed by atoms with Crippen LogP contribution in [0.15, 0.2) is 42.6 Å². The average Bonchev–Trinajstić information content (AvgIpc) is 3.67. The van der Waals surface area contributed by atoms with Crippen molar-refractivity contribution in [2.45, 2.75) is 44.3 Å². The topological polar surface area (TPSA) is 61.7 Å². The van der Waals surface area contributed by atoms with Gasteiger partial charge in [-0.3, -0.25) is 9.20 Å². The normalized spacial score (nSPS) is 20.7. The second kappa shape index (κ2) is 11.5. The van der Waals surface area contributed by atoms with E-state index in [2.05, 4.69) is 20.5 Å². The molecular formula is C29H31F4N5OS. The molecule has 4 aromatic rings. The van der Waals surface area contributed by atoms with E-state index in [0.717, 1.165) is 36.3 Å². The molecule has 0 aliphatic carbocycles. The lowest BCUT2D eigenvalue weighted by molar-refractivity contribution is 0.0858. The van der Waals surface area contributed by atoms with Crippen LogP contribution in [-0.2, 0) is 0 Å². The van der Waals surface area contributed by atoms with E-state index >= 15 is 4.39 Å². The first-order chi connectivity index (χ1) is 19.4. The zero-order chi connectivity index (χ0) is 27.8. The fourth-order valence-electron chi connectivity index (χ4n) is 5.67. The number of piperidine rings is 1. The molecule has 0 spiro atoms. The first kappa shape index (κ1) is 27.2. The number of hydrogen-bond acceptors (Lipinski definition) is 5. The number of hydrogen-bond donors (Lipinski definition) is 2. The maximum atomic E-state index is 15.1. The Morgan fingerprint density at radius 3 is 2.75 bits per heavy atom. The van der Waals surface area contributed by atoms with Crippen molar-refractivity contribution in [2.24, 2.45) is 5.92 Å². The molecule has 212 valence electrons. The van der Waals surface area contributed by atoms with Crippen LogP contribution in [0.25, 0.3) is 26.4 Å². The van der Waals surface area contributed by atoms with Gasteiger partial charge in [0.15, 0.2) is 4.96 Å². The van der Waals surface area contributed by atoms with Gasteiger partial charge in [0, 0.05) is 55.5 Å². The molecule has 2 N–H and O–H groups in total. The Morgan fingerprint density at radius 1 is 1.18 bits per heavy atom. The minimum Gasteiger partial charge on any atom is -0.352 e. The lowest BCUT2D eigenvalue weighted by atomic mass is 9.98. The number of imidazole rings is 1. The lowest BCUT2D eigenvalue weighted by Gasteiger charge is -2.28. The highest BCUT2D eigenvalue weighted by Crippen LogP contribution is 2.34. The minimum atomic E-state index is -2.39. The van der Waals surface area contributed by atoms with E-state index in [9.17, 15) is 18.0 Å². The molecule has 6 rings (SSSR count). The van der Waals surface area contributed by atoms with Crippen molar-refractivity contribution >= 4 is 32.4 Å². The standard InChI is InChI=1S/C29H31F4N5OS/c30-20-6-10-37(11-7-20)9-1-8-34-28(39)18-3-5-25-26(14-18)40-29-36-24(16-38(25)29)21-4-2-17(12-22(21)31)23-13-19(15-35-23)27(32)33/h2-5,12,14,16,19-20,23,27,35H,1,6-11,13,15H2,(H,34,39). The second-order valence-electron chi connectivity index (χ2n) is 10.7. The van der Waals surface area contributed by atoms with Gasteiger partial charge in [-0.25, -0.2) is 22.5 Å². The van der Waals surface area contributed by atoms with Crippen LogP contribution in [0.4, 0.5) is 17.6 Å². The van der Waals surface area contributed by atoms with Crippen LogP contribution in [0, 0.1) is 11.7 Å². The smallest absolute Gasteiger partial charge is 0.251 e. The third-order valence-corrected chi connectivity index (χ3v) is 9.02. The molecule has 4 heterocycles. The van der Waals surface area contributed by atoms with Crippen LogP contribution in [0.5, 0.6) is 0 Å². The Balaban J connectivity index is 1.11. The van der Waals surface area contributed by atoms with E-state index in [4.69, 9.17) is 0 Å². The molecule has 2 aliphatic rings. The van der Waals surface area contributed by atoms with Crippen molar-refractivity contribution in [1.29, 1.82) is 0 Å². The monoisotopic (exact) mass is 573 g/mol. The van der Waals surface area contributed by atoms with Gasteiger partial charge < -0.3 is 15.5 Å². The molecule has 2 aromatic carbocycles. The van der Waals surface area contributed by atoms with Crippen LogP contribution in [0.1, 0.15) is 47.6 Å². The first-order valence-corrected chi connectivity index (χ1v) is 14.5. The maximum absolute atomic E-state index is 15.1. The molecule has 40 heavy (non-hydrogen) atoms. The predicted molar refractivity (Wildman–Crippen MR) is 148 cm³/mol.